The smallest absolute Gasteiger partial charge is 0.238 e. The summed E-state index contributed by atoms with van der Waals surface area (Å²) in [6, 6.07) is 6.50. The molecule has 0 aliphatic heterocycles. The van der Waals surface area contributed by atoms with Gasteiger partial charge in [0.2, 0.25) is 10.0 Å². The summed E-state index contributed by atoms with van der Waals surface area (Å²) < 4.78 is 29.2. The quantitative estimate of drug-likeness (QED) is 0.819. The van der Waals surface area contributed by atoms with E-state index in [0.717, 1.165) is 9.35 Å². The molecular weight excluding hydrogens is 376 g/mol. The second-order valence-corrected chi connectivity index (χ2v) is 7.86. The van der Waals surface area contributed by atoms with Gasteiger partial charge in [-0.15, -0.1) is 11.3 Å². The van der Waals surface area contributed by atoms with Gasteiger partial charge in [0.25, 0.3) is 0 Å². The number of thiophene rings is 1. The molecule has 21 heavy (non-hydrogen) atoms. The van der Waals surface area contributed by atoms with Gasteiger partial charge in [0.05, 0.1) is 23.7 Å². The van der Waals surface area contributed by atoms with E-state index in [1.54, 1.807) is 17.4 Å². The average molecular weight is 391 g/mol. The number of primary sulfonamides is 1. The molecule has 0 aliphatic carbocycles. The van der Waals surface area contributed by atoms with Gasteiger partial charge < -0.3 is 10.1 Å². The Morgan fingerprint density at radius 3 is 2.62 bits per heavy atom. The fourth-order valence-corrected chi connectivity index (χ4v) is 3.83. The number of ether oxygens (including phenoxy) is 1. The van der Waals surface area contributed by atoms with Crippen molar-refractivity contribution in [2.24, 2.45) is 5.14 Å². The minimum absolute atomic E-state index is 0.00549. The van der Waals surface area contributed by atoms with E-state index in [-0.39, 0.29) is 10.9 Å². The first-order valence-corrected chi connectivity index (χ1v) is 9.24. The summed E-state index contributed by atoms with van der Waals surface area (Å²) in [6.07, 6.45) is 0. The number of methoxy groups -OCH3 is 1. The van der Waals surface area contributed by atoms with Crippen molar-refractivity contribution in [3.8, 4) is 5.75 Å². The predicted molar refractivity (Wildman–Crippen MR) is 88.4 cm³/mol. The fraction of sp³-hybridized carbons (Fsp3) is 0.231. The molecule has 2 aromatic rings. The zero-order valence-corrected chi connectivity index (χ0v) is 14.7. The average Bonchev–Trinajstić information content (AvgIpc) is 2.84. The van der Waals surface area contributed by atoms with Crippen molar-refractivity contribution in [1.29, 1.82) is 0 Å². The molecule has 3 N–H and O–H groups in total. The molecule has 0 saturated heterocycles. The van der Waals surface area contributed by atoms with Crippen molar-refractivity contribution >= 4 is 43.0 Å². The second-order valence-electron chi connectivity index (χ2n) is 4.44. The number of nitrogens with one attached hydrogen (secondary N) is 1. The normalized spacial score (nSPS) is 13.0. The summed E-state index contributed by atoms with van der Waals surface area (Å²) in [5.41, 5.74) is 0.584. The lowest BCUT2D eigenvalue weighted by Crippen LogP contribution is -2.13. The molecule has 5 nitrogen and oxygen atoms in total. The van der Waals surface area contributed by atoms with Crippen LogP contribution in [0.5, 0.6) is 5.75 Å². The fourth-order valence-electron chi connectivity index (χ4n) is 1.84. The Morgan fingerprint density at radius 2 is 2.10 bits per heavy atom. The molecule has 0 radical (unpaired) electrons. The summed E-state index contributed by atoms with van der Waals surface area (Å²) in [6.45, 7) is 1.99. The van der Waals surface area contributed by atoms with Crippen LogP contribution in [0.4, 0.5) is 5.69 Å². The van der Waals surface area contributed by atoms with E-state index in [9.17, 15) is 8.42 Å². The van der Waals surface area contributed by atoms with E-state index in [4.69, 9.17) is 9.88 Å². The second kappa shape index (κ2) is 6.35. The van der Waals surface area contributed by atoms with Gasteiger partial charge in [0, 0.05) is 14.7 Å². The van der Waals surface area contributed by atoms with Gasteiger partial charge in [0.1, 0.15) is 5.75 Å². The number of anilines is 1. The first-order chi connectivity index (χ1) is 9.81. The zero-order chi connectivity index (χ0) is 15.6. The molecule has 8 heteroatoms. The molecule has 0 aliphatic rings. The van der Waals surface area contributed by atoms with Crippen LogP contribution in [-0.2, 0) is 10.0 Å². The van der Waals surface area contributed by atoms with E-state index in [0.29, 0.717) is 11.4 Å². The van der Waals surface area contributed by atoms with Crippen LogP contribution in [0.15, 0.2) is 39.0 Å². The molecule has 1 heterocycles. The first kappa shape index (κ1) is 16.3. The first-order valence-electron chi connectivity index (χ1n) is 6.02. The van der Waals surface area contributed by atoms with Crippen LogP contribution < -0.4 is 15.2 Å². The molecule has 0 saturated carbocycles. The van der Waals surface area contributed by atoms with Gasteiger partial charge >= 0.3 is 0 Å². The lowest BCUT2D eigenvalue weighted by molar-refractivity contribution is 0.415. The molecule has 0 spiro atoms. The summed E-state index contributed by atoms with van der Waals surface area (Å²) in [4.78, 5) is 1.16. The molecule has 114 valence electrons. The Kier molecular flexibility index (Phi) is 4.92. The molecule has 1 aromatic heterocycles. The van der Waals surface area contributed by atoms with Crippen LogP contribution in [0.3, 0.4) is 0 Å². The van der Waals surface area contributed by atoms with Crippen LogP contribution >= 0.6 is 27.3 Å². The van der Waals surface area contributed by atoms with Gasteiger partial charge in [-0.05, 0) is 47.1 Å². The number of rotatable bonds is 5. The van der Waals surface area contributed by atoms with Crippen molar-refractivity contribution < 1.29 is 13.2 Å². The Labute approximate surface area is 136 Å². The standard InChI is InChI=1S/C13H15BrN2O3S2/c1-8(13-5-9(14)7-20-13)16-11-6-10(21(15,17)18)3-4-12(11)19-2/h3-8,16H,1-2H3,(H2,15,17,18). The molecule has 1 unspecified atom stereocenters. The molecule has 0 amide bonds. The molecule has 1 atom stereocenters. The Hall–Kier alpha value is -1.09. The summed E-state index contributed by atoms with van der Waals surface area (Å²) >= 11 is 5.02. The van der Waals surface area contributed by atoms with E-state index in [1.165, 1.54) is 19.2 Å². The molecular formula is C13H15BrN2O3S2. The van der Waals surface area contributed by atoms with Crippen molar-refractivity contribution in [2.45, 2.75) is 17.9 Å². The van der Waals surface area contributed by atoms with Gasteiger partial charge in [-0.3, -0.25) is 0 Å². The SMILES string of the molecule is COc1ccc(S(N)(=O)=O)cc1NC(C)c1cc(Br)cs1. The molecule has 0 fully saturated rings. The lowest BCUT2D eigenvalue weighted by atomic mass is 10.2. The topological polar surface area (TPSA) is 81.4 Å². The van der Waals surface area contributed by atoms with Crippen LogP contribution in [0.25, 0.3) is 0 Å². The number of sulfonamides is 1. The van der Waals surface area contributed by atoms with Gasteiger partial charge in [-0.1, -0.05) is 0 Å². The number of nitrogens with two attached hydrogens (primary N) is 1. The van der Waals surface area contributed by atoms with E-state index in [1.807, 2.05) is 18.4 Å². The zero-order valence-electron chi connectivity index (χ0n) is 11.5. The largest absolute Gasteiger partial charge is 0.495 e. The van der Waals surface area contributed by atoms with Crippen LogP contribution in [-0.4, -0.2) is 15.5 Å². The third-order valence-electron chi connectivity index (χ3n) is 2.89. The van der Waals surface area contributed by atoms with E-state index >= 15 is 0 Å². The Morgan fingerprint density at radius 1 is 1.38 bits per heavy atom. The maximum atomic E-state index is 11.4. The van der Waals surface area contributed by atoms with E-state index < -0.39 is 10.0 Å². The minimum Gasteiger partial charge on any atom is -0.495 e. The summed E-state index contributed by atoms with van der Waals surface area (Å²) in [5.74, 6) is 0.560. The van der Waals surface area contributed by atoms with Crippen molar-refractivity contribution in [3.63, 3.8) is 0 Å². The Bertz CT molecular complexity index is 744. The summed E-state index contributed by atoms with van der Waals surface area (Å²) in [7, 11) is -2.22. The lowest BCUT2D eigenvalue weighted by Gasteiger charge is -2.17. The van der Waals surface area contributed by atoms with Gasteiger partial charge in [-0.25, -0.2) is 13.6 Å². The number of halogens is 1. The van der Waals surface area contributed by atoms with Crippen LogP contribution in [0.1, 0.15) is 17.8 Å². The highest BCUT2D eigenvalue weighted by atomic mass is 79.9. The number of hydrogen-bond donors (Lipinski definition) is 2. The molecule has 1 aromatic carbocycles. The van der Waals surface area contributed by atoms with E-state index in [2.05, 4.69) is 21.2 Å². The maximum absolute atomic E-state index is 11.4. The minimum atomic E-state index is -3.75. The highest BCUT2D eigenvalue weighted by molar-refractivity contribution is 9.10. The van der Waals surface area contributed by atoms with Gasteiger partial charge in [0.15, 0.2) is 0 Å². The monoisotopic (exact) mass is 390 g/mol. The third kappa shape index (κ3) is 3.97. The molecule has 2 rings (SSSR count). The van der Waals surface area contributed by atoms with Crippen molar-refractivity contribution in [1.82, 2.24) is 0 Å². The van der Waals surface area contributed by atoms with Crippen molar-refractivity contribution in [2.75, 3.05) is 12.4 Å². The number of benzene rings is 1. The predicted octanol–water partition coefficient (Wildman–Crippen LogP) is 3.34. The highest BCUT2D eigenvalue weighted by Gasteiger charge is 2.15. The highest BCUT2D eigenvalue weighted by Crippen LogP contribution is 2.33. The summed E-state index contributed by atoms with van der Waals surface area (Å²) in [5, 5.41) is 10.4. The van der Waals surface area contributed by atoms with Crippen molar-refractivity contribution in [3.05, 3.63) is 39.0 Å². The van der Waals surface area contributed by atoms with Crippen LogP contribution in [0.2, 0.25) is 0 Å². The third-order valence-corrected chi connectivity index (χ3v) is 5.67. The maximum Gasteiger partial charge on any atom is 0.238 e. The molecule has 0 bridgehead atoms. The Balaban J connectivity index is 2.33. The van der Waals surface area contributed by atoms with Gasteiger partial charge in [-0.2, -0.15) is 0 Å². The van der Waals surface area contributed by atoms with Crippen LogP contribution in [0, 0.1) is 0 Å². The number of hydrogen-bond acceptors (Lipinski definition) is 5.